The molecule has 6 heteroatoms. The number of nitrogens with zero attached hydrogens (tertiary/aromatic N) is 1. The Bertz CT molecular complexity index is 386. The second kappa shape index (κ2) is 5.96. The maximum atomic E-state index is 10.9. The monoisotopic (exact) mass is 261 g/mol. The van der Waals surface area contributed by atoms with E-state index < -0.39 is 4.92 Å². The average molecular weight is 262 g/mol. The van der Waals surface area contributed by atoms with Crippen molar-refractivity contribution in [3.8, 4) is 5.75 Å². The number of ether oxygens (including phenoxy) is 1. The predicted molar refractivity (Wildman–Crippen MR) is 65.7 cm³/mol. The molecule has 0 aliphatic carbocycles. The summed E-state index contributed by atoms with van der Waals surface area (Å²) in [5, 5.41) is 11.0. The van der Waals surface area contributed by atoms with Gasteiger partial charge in [-0.05, 0) is 12.1 Å². The van der Waals surface area contributed by atoms with Gasteiger partial charge in [0, 0.05) is 11.1 Å². The highest BCUT2D eigenvalue weighted by molar-refractivity contribution is 8.00. The van der Waals surface area contributed by atoms with Crippen LogP contribution in [-0.4, -0.2) is 23.2 Å². The van der Waals surface area contributed by atoms with Crippen molar-refractivity contribution in [2.24, 2.45) is 0 Å². The minimum Gasteiger partial charge on any atom is -0.497 e. The van der Waals surface area contributed by atoms with Crippen molar-refractivity contribution in [3.05, 3.63) is 28.3 Å². The van der Waals surface area contributed by atoms with E-state index in [1.807, 2.05) is 6.92 Å². The highest BCUT2D eigenvalue weighted by Crippen LogP contribution is 2.34. The van der Waals surface area contributed by atoms with Crippen molar-refractivity contribution in [2.75, 3.05) is 13.0 Å². The lowest BCUT2D eigenvalue weighted by Gasteiger charge is -2.08. The van der Waals surface area contributed by atoms with Gasteiger partial charge in [0.25, 0.3) is 5.69 Å². The molecule has 88 valence electrons. The number of halogens is 1. The molecule has 0 heterocycles. The quantitative estimate of drug-likeness (QED) is 0.353. The molecule has 4 nitrogen and oxygen atoms in total. The van der Waals surface area contributed by atoms with Crippen molar-refractivity contribution in [2.45, 2.75) is 17.1 Å². The van der Waals surface area contributed by atoms with E-state index >= 15 is 0 Å². The van der Waals surface area contributed by atoms with E-state index in [-0.39, 0.29) is 10.9 Å². The summed E-state index contributed by atoms with van der Waals surface area (Å²) in [6.07, 6.45) is 0. The first kappa shape index (κ1) is 13.1. The third-order valence-corrected chi connectivity index (χ3v) is 3.72. The second-order valence-electron chi connectivity index (χ2n) is 3.17. The fraction of sp³-hybridized carbons (Fsp3) is 0.400. The topological polar surface area (TPSA) is 52.4 Å². The maximum absolute atomic E-state index is 10.9. The highest BCUT2D eigenvalue weighted by atomic mass is 35.5. The van der Waals surface area contributed by atoms with Gasteiger partial charge in [-0.15, -0.1) is 23.4 Å². The van der Waals surface area contributed by atoms with Crippen LogP contribution in [-0.2, 0) is 0 Å². The fourth-order valence-electron chi connectivity index (χ4n) is 1.11. The molecule has 0 radical (unpaired) electrons. The first-order valence-corrected chi connectivity index (χ1v) is 6.05. The number of methoxy groups -OCH3 is 1. The zero-order valence-electron chi connectivity index (χ0n) is 8.97. The van der Waals surface area contributed by atoms with E-state index in [1.165, 1.54) is 24.9 Å². The lowest BCUT2D eigenvalue weighted by atomic mass is 10.3. The number of thioether (sulfide) groups is 1. The molecule has 0 amide bonds. The van der Waals surface area contributed by atoms with E-state index in [9.17, 15) is 10.1 Å². The number of hydrogen-bond acceptors (Lipinski definition) is 4. The number of hydrogen-bond donors (Lipinski definition) is 0. The van der Waals surface area contributed by atoms with Crippen LogP contribution in [0.4, 0.5) is 5.69 Å². The highest BCUT2D eigenvalue weighted by Gasteiger charge is 2.17. The van der Waals surface area contributed by atoms with Gasteiger partial charge in [-0.25, -0.2) is 0 Å². The molecule has 0 fully saturated rings. The van der Waals surface area contributed by atoms with Gasteiger partial charge in [-0.3, -0.25) is 10.1 Å². The molecule has 1 aromatic rings. The van der Waals surface area contributed by atoms with Crippen LogP contribution >= 0.6 is 23.4 Å². The SMILES string of the molecule is COc1ccc(SC(C)CCl)c([N+](=O)[O-])c1. The van der Waals surface area contributed by atoms with Gasteiger partial charge in [0.15, 0.2) is 0 Å². The molecule has 1 atom stereocenters. The van der Waals surface area contributed by atoms with Crippen molar-refractivity contribution >= 4 is 29.1 Å². The minimum atomic E-state index is -0.411. The lowest BCUT2D eigenvalue weighted by Crippen LogP contribution is -1.99. The summed E-state index contributed by atoms with van der Waals surface area (Å²) in [6, 6.07) is 4.81. The Morgan fingerprint density at radius 2 is 2.31 bits per heavy atom. The third kappa shape index (κ3) is 3.28. The van der Waals surface area contributed by atoms with Crippen molar-refractivity contribution in [1.82, 2.24) is 0 Å². The Hall–Kier alpha value is -0.940. The van der Waals surface area contributed by atoms with Gasteiger partial charge in [0.05, 0.1) is 23.0 Å². The van der Waals surface area contributed by atoms with Gasteiger partial charge in [0.2, 0.25) is 0 Å². The molecular weight excluding hydrogens is 250 g/mol. The van der Waals surface area contributed by atoms with Crippen molar-refractivity contribution in [3.63, 3.8) is 0 Å². The molecule has 0 spiro atoms. The molecule has 0 aliphatic rings. The molecule has 1 aromatic carbocycles. The smallest absolute Gasteiger partial charge is 0.286 e. The normalized spacial score (nSPS) is 12.2. The molecular formula is C10H12ClNO3S. The second-order valence-corrected chi connectivity index (χ2v) is 4.96. The summed E-state index contributed by atoms with van der Waals surface area (Å²) in [5.74, 6) is 0.933. The first-order chi connectivity index (χ1) is 7.58. The summed E-state index contributed by atoms with van der Waals surface area (Å²) >= 11 is 7.07. The van der Waals surface area contributed by atoms with Crippen molar-refractivity contribution < 1.29 is 9.66 Å². The van der Waals surface area contributed by atoms with Crippen LogP contribution in [0.1, 0.15) is 6.92 Å². The van der Waals surface area contributed by atoms with Crippen LogP contribution in [0.25, 0.3) is 0 Å². The molecule has 0 saturated heterocycles. The fourth-order valence-corrected chi connectivity index (χ4v) is 2.20. The molecule has 0 aliphatic heterocycles. The van der Waals surface area contributed by atoms with Gasteiger partial charge in [-0.2, -0.15) is 0 Å². The molecule has 16 heavy (non-hydrogen) atoms. The third-order valence-electron chi connectivity index (χ3n) is 1.91. The largest absolute Gasteiger partial charge is 0.497 e. The van der Waals surface area contributed by atoms with Crippen LogP contribution in [0, 0.1) is 10.1 Å². The van der Waals surface area contributed by atoms with Gasteiger partial charge >= 0.3 is 0 Å². The Kier molecular flexibility index (Phi) is 4.89. The molecule has 0 aromatic heterocycles. The summed E-state index contributed by atoms with van der Waals surface area (Å²) in [4.78, 5) is 11.1. The van der Waals surface area contributed by atoms with E-state index in [1.54, 1.807) is 12.1 Å². The summed E-state index contributed by atoms with van der Waals surface area (Å²) < 4.78 is 4.95. The lowest BCUT2D eigenvalue weighted by molar-refractivity contribution is -0.387. The molecule has 0 N–H and O–H groups in total. The number of rotatable bonds is 5. The molecule has 1 unspecified atom stereocenters. The van der Waals surface area contributed by atoms with Crippen molar-refractivity contribution in [1.29, 1.82) is 0 Å². The molecule has 1 rings (SSSR count). The Morgan fingerprint density at radius 3 is 2.81 bits per heavy atom. The molecule has 0 saturated carbocycles. The van der Waals surface area contributed by atoms with Crippen LogP contribution < -0.4 is 4.74 Å². The van der Waals surface area contributed by atoms with Crippen LogP contribution in [0.2, 0.25) is 0 Å². The standard InChI is InChI=1S/C10H12ClNO3S/c1-7(6-11)16-10-4-3-8(15-2)5-9(10)12(13)14/h3-5,7H,6H2,1-2H3. The summed E-state index contributed by atoms with van der Waals surface area (Å²) in [5.41, 5.74) is 0.0568. The first-order valence-electron chi connectivity index (χ1n) is 4.63. The Labute approximate surface area is 103 Å². The van der Waals surface area contributed by atoms with E-state index in [0.29, 0.717) is 16.5 Å². The van der Waals surface area contributed by atoms with Gasteiger partial charge in [-0.1, -0.05) is 6.92 Å². The van der Waals surface area contributed by atoms with Crippen LogP contribution in [0.5, 0.6) is 5.75 Å². The van der Waals surface area contributed by atoms with Crippen LogP contribution in [0.3, 0.4) is 0 Å². The molecule has 0 bridgehead atoms. The Balaban J connectivity index is 3.03. The zero-order valence-corrected chi connectivity index (χ0v) is 10.5. The minimum absolute atomic E-state index is 0.0568. The number of benzene rings is 1. The van der Waals surface area contributed by atoms with E-state index in [0.717, 1.165) is 0 Å². The van der Waals surface area contributed by atoms with Gasteiger partial charge in [0.1, 0.15) is 5.75 Å². The number of nitro groups is 1. The van der Waals surface area contributed by atoms with Gasteiger partial charge < -0.3 is 4.74 Å². The predicted octanol–water partition coefficient (Wildman–Crippen LogP) is 3.32. The number of alkyl halides is 1. The number of nitro benzene ring substituents is 1. The van der Waals surface area contributed by atoms with E-state index in [4.69, 9.17) is 16.3 Å². The Morgan fingerprint density at radius 1 is 1.62 bits per heavy atom. The van der Waals surface area contributed by atoms with Crippen LogP contribution in [0.15, 0.2) is 23.1 Å². The maximum Gasteiger partial charge on any atom is 0.286 e. The van der Waals surface area contributed by atoms with E-state index in [2.05, 4.69) is 0 Å². The summed E-state index contributed by atoms with van der Waals surface area (Å²) in [6.45, 7) is 1.92. The summed E-state index contributed by atoms with van der Waals surface area (Å²) in [7, 11) is 1.48. The zero-order chi connectivity index (χ0) is 12.1. The average Bonchev–Trinajstić information content (AvgIpc) is 2.29.